The molecule has 15 heteroatoms. The third-order valence-corrected chi connectivity index (χ3v) is 12.6. The third-order valence-electron chi connectivity index (χ3n) is 12.2. The minimum Gasteiger partial charge on any atom is -0.491 e. The van der Waals surface area contributed by atoms with Crippen LogP contribution in [-0.4, -0.2) is 114 Å². The van der Waals surface area contributed by atoms with E-state index < -0.39 is 42.1 Å². The summed E-state index contributed by atoms with van der Waals surface area (Å²) in [6.45, 7) is 8.33. The number of unbranched alkanes of at least 4 members (excludes halogenated alkanes) is 3. The molecule has 0 radical (unpaired) electrons. The molecule has 1 aromatic heterocycles. The fourth-order valence-corrected chi connectivity index (χ4v) is 9.06. The van der Waals surface area contributed by atoms with Gasteiger partial charge in [0.05, 0.1) is 36.9 Å². The number of pyridine rings is 1. The van der Waals surface area contributed by atoms with Crippen molar-refractivity contribution in [2.24, 2.45) is 29.4 Å². The fraction of sp³-hybridized carbons (Fsp3) is 0.614. The molecule has 3 amide bonds. The number of rotatable bonds is 19. The maximum absolute atomic E-state index is 14.4. The molecule has 5 fully saturated rings. The van der Waals surface area contributed by atoms with E-state index in [2.05, 4.69) is 10.2 Å². The molecule has 0 bridgehead atoms. The van der Waals surface area contributed by atoms with Gasteiger partial charge in [0.1, 0.15) is 47.4 Å². The average Bonchev–Trinajstić information content (AvgIpc) is 4.06. The van der Waals surface area contributed by atoms with E-state index in [4.69, 9.17) is 46.4 Å². The quantitative estimate of drug-likeness (QED) is 0.112. The molecule has 0 spiro atoms. The number of amides is 3. The molecule has 2 saturated heterocycles. The second-order valence-corrected chi connectivity index (χ2v) is 17.5. The Kier molecular flexibility index (Phi) is 14.0. The smallest absolute Gasteiger partial charge is 0.408 e. The summed E-state index contributed by atoms with van der Waals surface area (Å²) in [5, 5.41) is 13.0. The lowest BCUT2D eigenvalue weighted by Crippen LogP contribution is -2.53. The molecule has 4 N–H and O–H groups in total. The Labute approximate surface area is 350 Å². The molecular weight excluding hydrogens is 778 g/mol. The van der Waals surface area contributed by atoms with Gasteiger partial charge in [-0.05, 0) is 94.8 Å². The summed E-state index contributed by atoms with van der Waals surface area (Å²) in [5.41, 5.74) is 8.08. The number of alkyl carbamates (subject to hydrolysis) is 1. The van der Waals surface area contributed by atoms with Gasteiger partial charge < -0.3 is 40.0 Å². The summed E-state index contributed by atoms with van der Waals surface area (Å²) in [5.74, 6) is 0.275. The number of nitrogens with one attached hydrogen (secondary N) is 1. The number of aromatic nitrogens is 1. The van der Waals surface area contributed by atoms with Gasteiger partial charge in [-0.1, -0.05) is 42.2 Å². The predicted octanol–water partition coefficient (Wildman–Crippen LogP) is 5.98. The van der Waals surface area contributed by atoms with E-state index in [-0.39, 0.29) is 30.9 Å². The number of nitrogens with zero attached hydrogens (tertiary/aromatic N) is 3. The molecule has 2 aromatic rings. The Hall–Kier alpha value is -4.40. The number of aliphatic carboxylic acids is 1. The number of carbonyl (C=O) groups excluding carboxylic acids is 3. The molecule has 2 aliphatic heterocycles. The summed E-state index contributed by atoms with van der Waals surface area (Å²) < 4.78 is 24.0. The van der Waals surface area contributed by atoms with Gasteiger partial charge in [-0.2, -0.15) is 0 Å². The van der Waals surface area contributed by atoms with E-state index in [0.29, 0.717) is 84.0 Å². The number of hydrogen-bond donors (Lipinski definition) is 3. The van der Waals surface area contributed by atoms with Crippen molar-refractivity contribution in [3.05, 3.63) is 46.6 Å². The first-order chi connectivity index (χ1) is 28.4. The number of ether oxygens (including phenoxy) is 4. The van der Waals surface area contributed by atoms with Crippen molar-refractivity contribution in [2.45, 2.75) is 102 Å². The van der Waals surface area contributed by atoms with E-state index in [1.54, 1.807) is 6.07 Å². The highest BCUT2D eigenvalue weighted by molar-refractivity contribution is 6.36. The van der Waals surface area contributed by atoms with Crippen LogP contribution in [0.4, 0.5) is 4.79 Å². The van der Waals surface area contributed by atoms with Gasteiger partial charge in [0, 0.05) is 37.5 Å². The van der Waals surface area contributed by atoms with Crippen molar-refractivity contribution >= 4 is 52.5 Å². The second kappa shape index (κ2) is 19.3. The normalized spacial score (nSPS) is 26.6. The van der Waals surface area contributed by atoms with Crippen LogP contribution in [0.15, 0.2) is 35.9 Å². The summed E-state index contributed by atoms with van der Waals surface area (Å²) in [6.07, 6.45) is 11.7. The first-order valence-corrected chi connectivity index (χ1v) is 21.7. The SMILES string of the molecule is CC(C)=Cc1cc(OC2C[C@@H](C(N)=O)N(C(=O)[C@H](CCCCC/C=C\[C@@H]3C[C@@H]3C(=O)O)NC(=O)O[C@@H]3C[C@@H]4C[C@@H]4C3)C2)c2ccc(OCCN3CCOCC3)c(Cl)c2n1. The van der Waals surface area contributed by atoms with Crippen LogP contribution in [0.1, 0.15) is 83.7 Å². The van der Waals surface area contributed by atoms with Gasteiger partial charge in [0.25, 0.3) is 0 Å². The Morgan fingerprint density at radius 2 is 1.81 bits per heavy atom. The molecule has 1 aromatic carbocycles. The second-order valence-electron chi connectivity index (χ2n) is 17.1. The number of likely N-dealkylation sites (tertiary alicyclic amines) is 1. The van der Waals surface area contributed by atoms with Crippen molar-refractivity contribution < 1.29 is 43.2 Å². The monoisotopic (exact) mass is 835 g/mol. The Balaban J connectivity index is 1.03. The van der Waals surface area contributed by atoms with Crippen molar-refractivity contribution in [3.8, 4) is 11.5 Å². The highest BCUT2D eigenvalue weighted by Crippen LogP contribution is 2.52. The van der Waals surface area contributed by atoms with Crippen LogP contribution in [-0.2, 0) is 23.9 Å². The first kappa shape index (κ1) is 42.7. The highest BCUT2D eigenvalue weighted by Gasteiger charge is 2.48. The number of hydrogen-bond acceptors (Lipinski definition) is 10. The molecule has 59 heavy (non-hydrogen) atoms. The third kappa shape index (κ3) is 11.3. The molecule has 3 saturated carbocycles. The zero-order valence-electron chi connectivity index (χ0n) is 34.1. The molecule has 3 heterocycles. The Bertz CT molecular complexity index is 1920. The Morgan fingerprint density at radius 3 is 2.53 bits per heavy atom. The summed E-state index contributed by atoms with van der Waals surface area (Å²) in [4.78, 5) is 60.2. The number of morpholine rings is 1. The lowest BCUT2D eigenvalue weighted by Gasteiger charge is -2.28. The van der Waals surface area contributed by atoms with Crippen LogP contribution in [0.3, 0.4) is 0 Å². The molecule has 1 unspecified atom stereocenters. The van der Waals surface area contributed by atoms with Gasteiger partial charge in [0.2, 0.25) is 11.8 Å². The molecule has 320 valence electrons. The number of carbonyl (C=O) groups is 4. The van der Waals surface area contributed by atoms with Crippen LogP contribution < -0.4 is 20.5 Å². The number of nitrogens with two attached hydrogens (primary N) is 1. The van der Waals surface area contributed by atoms with Crippen molar-refractivity contribution in [2.75, 3.05) is 46.0 Å². The summed E-state index contributed by atoms with van der Waals surface area (Å²) in [7, 11) is 0. The average molecular weight is 836 g/mol. The van der Waals surface area contributed by atoms with Gasteiger partial charge in [-0.3, -0.25) is 19.3 Å². The zero-order valence-corrected chi connectivity index (χ0v) is 34.9. The van der Waals surface area contributed by atoms with E-state index in [1.807, 2.05) is 44.2 Å². The lowest BCUT2D eigenvalue weighted by molar-refractivity contribution is -0.139. The van der Waals surface area contributed by atoms with E-state index >= 15 is 0 Å². The van der Waals surface area contributed by atoms with Crippen molar-refractivity contribution in [1.82, 2.24) is 20.1 Å². The minimum absolute atomic E-state index is 0.0766. The summed E-state index contributed by atoms with van der Waals surface area (Å²) in [6, 6.07) is 3.61. The number of carboxylic acid groups (broad SMARTS) is 1. The zero-order chi connectivity index (χ0) is 41.6. The molecule has 14 nitrogen and oxygen atoms in total. The largest absolute Gasteiger partial charge is 0.491 e. The van der Waals surface area contributed by atoms with Crippen LogP contribution in [0.2, 0.25) is 5.02 Å². The fourth-order valence-electron chi connectivity index (χ4n) is 8.80. The summed E-state index contributed by atoms with van der Waals surface area (Å²) >= 11 is 6.96. The lowest BCUT2D eigenvalue weighted by atomic mass is 10.0. The minimum atomic E-state index is -0.947. The maximum atomic E-state index is 14.4. The predicted molar refractivity (Wildman–Crippen MR) is 222 cm³/mol. The number of benzene rings is 1. The van der Waals surface area contributed by atoms with E-state index in [0.717, 1.165) is 57.3 Å². The first-order valence-electron chi connectivity index (χ1n) is 21.3. The molecular formula is C44H58ClN5O9. The molecule has 7 rings (SSSR count). The van der Waals surface area contributed by atoms with Gasteiger partial charge in [0.15, 0.2) is 0 Å². The standard InChI is InChI=1S/C44H58ClN5O9/c1-26(2)18-30-23-38(33-10-11-37(39(45)40(33)47-30)57-17-14-49-12-15-56-16-13-49)58-32-24-36(41(46)51)50(25-32)42(52)35(48-44(55)59-31-20-28-19-29(28)21-31)9-7-5-3-4-6-8-27-22-34(27)43(53)54/h6,8,10-11,18,23,27-29,31-32,34-36H,3-5,7,9,12-17,19-22,24-25H2,1-2H3,(H2,46,51)(H,48,55)(H,53,54)/b8-6-/t27-,28-,29+,31+,32?,34+,35+,36+/m1/s1. The van der Waals surface area contributed by atoms with Crippen molar-refractivity contribution in [1.29, 1.82) is 0 Å². The number of carboxylic acids is 1. The number of fused-ring (bicyclic) bond motifs is 2. The van der Waals surface area contributed by atoms with Gasteiger partial charge >= 0.3 is 12.1 Å². The number of halogens is 1. The highest BCUT2D eigenvalue weighted by atomic mass is 35.5. The van der Waals surface area contributed by atoms with Crippen LogP contribution in [0, 0.1) is 23.7 Å². The number of allylic oxidation sites excluding steroid dienone is 3. The van der Waals surface area contributed by atoms with Gasteiger partial charge in [-0.25, -0.2) is 9.78 Å². The van der Waals surface area contributed by atoms with Crippen LogP contribution >= 0.6 is 11.6 Å². The van der Waals surface area contributed by atoms with E-state index in [1.165, 1.54) is 11.3 Å². The van der Waals surface area contributed by atoms with Crippen LogP contribution in [0.25, 0.3) is 17.0 Å². The molecule has 5 aliphatic rings. The van der Waals surface area contributed by atoms with E-state index in [9.17, 15) is 19.2 Å². The number of primary amides is 1. The molecule has 8 atom stereocenters. The topological polar surface area (TPSA) is 183 Å². The molecule has 3 aliphatic carbocycles. The van der Waals surface area contributed by atoms with Crippen LogP contribution in [0.5, 0.6) is 11.5 Å². The van der Waals surface area contributed by atoms with Crippen molar-refractivity contribution in [3.63, 3.8) is 0 Å². The van der Waals surface area contributed by atoms with Gasteiger partial charge in [-0.15, -0.1) is 0 Å². The Morgan fingerprint density at radius 1 is 1.03 bits per heavy atom. The maximum Gasteiger partial charge on any atom is 0.408 e.